The van der Waals surface area contributed by atoms with E-state index in [9.17, 15) is 9.59 Å². The number of likely N-dealkylation sites (tertiary alicyclic amines) is 1. The van der Waals surface area contributed by atoms with Crippen molar-refractivity contribution >= 4 is 23.1 Å². The molecule has 2 heterocycles. The van der Waals surface area contributed by atoms with Gasteiger partial charge in [-0.1, -0.05) is 12.1 Å². The molecule has 0 bridgehead atoms. The SMILES string of the molecule is COc1ccc(C2=C(N3CCCCC3)C(=O)N(c3ccc(C#N)cc3)C2=O)cc1. The van der Waals surface area contributed by atoms with Gasteiger partial charge in [-0.05, 0) is 61.2 Å². The van der Waals surface area contributed by atoms with Gasteiger partial charge in [0.05, 0.1) is 30.0 Å². The number of amides is 2. The summed E-state index contributed by atoms with van der Waals surface area (Å²) >= 11 is 0. The van der Waals surface area contributed by atoms with Gasteiger partial charge >= 0.3 is 0 Å². The van der Waals surface area contributed by atoms with Crippen molar-refractivity contribution in [1.82, 2.24) is 4.90 Å². The van der Waals surface area contributed by atoms with Crippen molar-refractivity contribution < 1.29 is 14.3 Å². The summed E-state index contributed by atoms with van der Waals surface area (Å²) in [4.78, 5) is 30.0. The first kappa shape index (κ1) is 18.8. The molecular weight excluding hydrogens is 366 g/mol. The minimum absolute atomic E-state index is 0.313. The molecule has 4 rings (SSSR count). The number of anilines is 1. The summed E-state index contributed by atoms with van der Waals surface area (Å²) in [5.74, 6) is 0.0347. The standard InChI is InChI=1S/C23H21N3O3/c1-29-19-11-7-17(8-12-19)20-21(25-13-3-2-4-14-25)23(28)26(22(20)27)18-9-5-16(15-24)6-10-18/h5-12H,2-4,13-14H2,1H3. The number of rotatable bonds is 4. The molecular formula is C23H21N3O3. The van der Waals surface area contributed by atoms with Gasteiger partial charge in [-0.25, -0.2) is 4.90 Å². The smallest absolute Gasteiger partial charge is 0.282 e. The average molecular weight is 387 g/mol. The van der Waals surface area contributed by atoms with Crippen LogP contribution in [0.3, 0.4) is 0 Å². The van der Waals surface area contributed by atoms with Crippen molar-refractivity contribution in [2.75, 3.05) is 25.1 Å². The zero-order chi connectivity index (χ0) is 20.4. The molecule has 1 fully saturated rings. The summed E-state index contributed by atoms with van der Waals surface area (Å²) in [7, 11) is 1.59. The molecule has 0 atom stereocenters. The normalized spacial score (nSPS) is 17.0. The molecule has 0 N–H and O–H groups in total. The molecule has 0 aliphatic carbocycles. The Hall–Kier alpha value is -3.59. The molecule has 2 aliphatic heterocycles. The quantitative estimate of drug-likeness (QED) is 0.753. The Morgan fingerprint density at radius 2 is 1.55 bits per heavy atom. The molecule has 0 saturated carbocycles. The second-order valence-corrected chi connectivity index (χ2v) is 7.10. The number of piperidine rings is 1. The molecule has 6 nitrogen and oxygen atoms in total. The summed E-state index contributed by atoms with van der Waals surface area (Å²) in [5, 5.41) is 9.02. The van der Waals surface area contributed by atoms with E-state index in [2.05, 4.69) is 6.07 Å². The number of nitriles is 1. The largest absolute Gasteiger partial charge is 0.497 e. The van der Waals surface area contributed by atoms with Gasteiger partial charge in [0.15, 0.2) is 0 Å². The zero-order valence-electron chi connectivity index (χ0n) is 16.2. The fourth-order valence-corrected chi connectivity index (χ4v) is 3.87. The molecule has 2 amide bonds. The summed E-state index contributed by atoms with van der Waals surface area (Å²) < 4.78 is 5.22. The van der Waals surface area contributed by atoms with E-state index in [-0.39, 0.29) is 11.8 Å². The van der Waals surface area contributed by atoms with Crippen LogP contribution in [0.4, 0.5) is 5.69 Å². The summed E-state index contributed by atoms with van der Waals surface area (Å²) in [6, 6.07) is 15.8. The second-order valence-electron chi connectivity index (χ2n) is 7.10. The van der Waals surface area contributed by atoms with Crippen LogP contribution in [-0.2, 0) is 9.59 Å². The van der Waals surface area contributed by atoms with Crippen LogP contribution in [0, 0.1) is 11.3 Å². The minimum atomic E-state index is -0.342. The molecule has 1 saturated heterocycles. The van der Waals surface area contributed by atoms with Crippen molar-refractivity contribution in [3.05, 3.63) is 65.4 Å². The molecule has 2 aromatic carbocycles. The average Bonchev–Trinajstić information content (AvgIpc) is 3.04. The van der Waals surface area contributed by atoms with E-state index in [1.807, 2.05) is 17.0 Å². The van der Waals surface area contributed by atoms with E-state index in [4.69, 9.17) is 10.00 Å². The summed E-state index contributed by atoms with van der Waals surface area (Å²) in [6.07, 6.45) is 3.12. The monoisotopic (exact) mass is 387 g/mol. The number of hydrogen-bond donors (Lipinski definition) is 0. The lowest BCUT2D eigenvalue weighted by molar-refractivity contribution is -0.120. The molecule has 2 aliphatic rings. The van der Waals surface area contributed by atoms with Gasteiger partial charge in [0.1, 0.15) is 11.4 Å². The number of methoxy groups -OCH3 is 1. The van der Waals surface area contributed by atoms with Crippen molar-refractivity contribution in [2.24, 2.45) is 0 Å². The third kappa shape index (κ3) is 3.36. The van der Waals surface area contributed by atoms with Crippen LogP contribution < -0.4 is 9.64 Å². The molecule has 0 aromatic heterocycles. The number of nitrogens with zero attached hydrogens (tertiary/aromatic N) is 3. The first-order chi connectivity index (χ1) is 14.1. The lowest BCUT2D eigenvalue weighted by Crippen LogP contribution is -2.37. The Bertz CT molecular complexity index is 1010. The van der Waals surface area contributed by atoms with Crippen LogP contribution in [0.25, 0.3) is 5.57 Å². The Kier molecular flexibility index (Phi) is 5.05. The maximum absolute atomic E-state index is 13.4. The highest BCUT2D eigenvalue weighted by Gasteiger charge is 2.42. The van der Waals surface area contributed by atoms with E-state index in [1.54, 1.807) is 43.5 Å². The summed E-state index contributed by atoms with van der Waals surface area (Å²) in [5.41, 5.74) is 2.53. The highest BCUT2D eigenvalue weighted by Crippen LogP contribution is 2.36. The van der Waals surface area contributed by atoms with Gasteiger partial charge in [-0.15, -0.1) is 0 Å². The van der Waals surface area contributed by atoms with Gasteiger partial charge < -0.3 is 9.64 Å². The molecule has 6 heteroatoms. The number of carbonyl (C=O) groups is 2. The fourth-order valence-electron chi connectivity index (χ4n) is 3.87. The molecule has 146 valence electrons. The number of carbonyl (C=O) groups excluding carboxylic acids is 2. The van der Waals surface area contributed by atoms with Gasteiger partial charge in [0, 0.05) is 13.1 Å². The second kappa shape index (κ2) is 7.80. The van der Waals surface area contributed by atoms with E-state index >= 15 is 0 Å². The van der Waals surface area contributed by atoms with E-state index < -0.39 is 0 Å². The van der Waals surface area contributed by atoms with E-state index in [0.717, 1.165) is 32.4 Å². The molecule has 29 heavy (non-hydrogen) atoms. The molecule has 0 unspecified atom stereocenters. The number of ether oxygens (including phenoxy) is 1. The van der Waals surface area contributed by atoms with Crippen LogP contribution in [0.5, 0.6) is 5.75 Å². The Morgan fingerprint density at radius 1 is 0.897 bits per heavy atom. The predicted octanol–water partition coefficient (Wildman–Crippen LogP) is 3.34. The third-order valence-corrected chi connectivity index (χ3v) is 5.37. The van der Waals surface area contributed by atoms with Crippen molar-refractivity contribution in [1.29, 1.82) is 5.26 Å². The Balaban J connectivity index is 1.79. The van der Waals surface area contributed by atoms with Crippen molar-refractivity contribution in [3.63, 3.8) is 0 Å². The maximum Gasteiger partial charge on any atom is 0.282 e. The van der Waals surface area contributed by atoms with Crippen molar-refractivity contribution in [2.45, 2.75) is 19.3 Å². The van der Waals surface area contributed by atoms with E-state index in [0.29, 0.717) is 33.8 Å². The Morgan fingerprint density at radius 3 is 2.14 bits per heavy atom. The molecule has 0 spiro atoms. The van der Waals surface area contributed by atoms with Gasteiger partial charge in [-0.2, -0.15) is 5.26 Å². The highest BCUT2D eigenvalue weighted by molar-refractivity contribution is 6.45. The first-order valence-corrected chi connectivity index (χ1v) is 9.66. The minimum Gasteiger partial charge on any atom is -0.497 e. The lowest BCUT2D eigenvalue weighted by atomic mass is 10.0. The zero-order valence-corrected chi connectivity index (χ0v) is 16.2. The Labute approximate surface area is 169 Å². The van der Waals surface area contributed by atoms with Gasteiger partial charge in [0.2, 0.25) is 0 Å². The predicted molar refractivity (Wildman–Crippen MR) is 109 cm³/mol. The topological polar surface area (TPSA) is 73.6 Å². The van der Waals surface area contributed by atoms with Crippen molar-refractivity contribution in [3.8, 4) is 11.8 Å². The number of benzene rings is 2. The summed E-state index contributed by atoms with van der Waals surface area (Å²) in [6.45, 7) is 1.52. The number of hydrogen-bond acceptors (Lipinski definition) is 5. The van der Waals surface area contributed by atoms with Crippen LogP contribution in [0.2, 0.25) is 0 Å². The van der Waals surface area contributed by atoms with Gasteiger partial charge in [0.25, 0.3) is 11.8 Å². The molecule has 2 aromatic rings. The highest BCUT2D eigenvalue weighted by atomic mass is 16.5. The van der Waals surface area contributed by atoms with E-state index in [1.165, 1.54) is 4.90 Å². The van der Waals surface area contributed by atoms with Crippen LogP contribution in [-0.4, -0.2) is 36.9 Å². The lowest BCUT2D eigenvalue weighted by Gasteiger charge is -2.29. The van der Waals surface area contributed by atoms with Crippen LogP contribution >= 0.6 is 0 Å². The number of imide groups is 1. The first-order valence-electron chi connectivity index (χ1n) is 9.66. The third-order valence-electron chi connectivity index (χ3n) is 5.37. The van der Waals surface area contributed by atoms with Gasteiger partial charge in [-0.3, -0.25) is 9.59 Å². The molecule has 0 radical (unpaired) electrons. The fraction of sp³-hybridized carbons (Fsp3) is 0.261. The van der Waals surface area contributed by atoms with Crippen LogP contribution in [0.1, 0.15) is 30.4 Å². The maximum atomic E-state index is 13.4. The van der Waals surface area contributed by atoms with Crippen LogP contribution in [0.15, 0.2) is 54.2 Å².